The average Bonchev–Trinajstić information content (AvgIpc) is 2.23. The van der Waals surface area contributed by atoms with Crippen LogP contribution in [0.1, 0.15) is 41.0 Å². The third kappa shape index (κ3) is 8.16. The Morgan fingerprint density at radius 1 is 1.24 bits per heavy atom. The van der Waals surface area contributed by atoms with E-state index in [0.717, 1.165) is 13.0 Å². The number of likely N-dealkylation sites (N-methyl/N-ethyl adjacent to an activating group) is 1. The Hall–Kier alpha value is -0.610. The van der Waals surface area contributed by atoms with Gasteiger partial charge in [0.05, 0.1) is 19.3 Å². The average molecular weight is 245 g/mol. The first-order valence-corrected chi connectivity index (χ1v) is 6.52. The number of carbonyl (C=O) groups excluding carboxylic acids is 1. The molecule has 0 aliphatic heterocycles. The van der Waals surface area contributed by atoms with Crippen molar-refractivity contribution in [2.45, 2.75) is 53.2 Å². The Kier molecular flexibility index (Phi) is 9.09. The van der Waals surface area contributed by atoms with E-state index >= 15 is 0 Å². The van der Waals surface area contributed by atoms with Gasteiger partial charge in [-0.1, -0.05) is 20.8 Å². The third-order valence-corrected chi connectivity index (χ3v) is 2.37. The summed E-state index contributed by atoms with van der Waals surface area (Å²) in [6.07, 6.45) is 1.17. The van der Waals surface area contributed by atoms with Gasteiger partial charge in [0, 0.05) is 0 Å². The van der Waals surface area contributed by atoms with Crippen LogP contribution >= 0.6 is 0 Å². The van der Waals surface area contributed by atoms with Crippen LogP contribution in [0.25, 0.3) is 0 Å². The molecule has 0 rings (SSSR count). The highest BCUT2D eigenvalue weighted by molar-refractivity contribution is 5.75. The number of hydrogen-bond donors (Lipinski definition) is 1. The second-order valence-electron chi connectivity index (χ2n) is 4.64. The van der Waals surface area contributed by atoms with Crippen LogP contribution in [0.3, 0.4) is 0 Å². The fourth-order valence-corrected chi connectivity index (χ4v) is 1.69. The lowest BCUT2D eigenvalue weighted by Crippen LogP contribution is -2.42. The summed E-state index contributed by atoms with van der Waals surface area (Å²) in [5.41, 5.74) is 0. The molecule has 17 heavy (non-hydrogen) atoms. The topological polar surface area (TPSA) is 47.6 Å². The molecule has 0 aromatic rings. The highest BCUT2D eigenvalue weighted by atomic mass is 16.5. The summed E-state index contributed by atoms with van der Waals surface area (Å²) in [6, 6.07) is -0.352. The number of hydrogen-bond acceptors (Lipinski definition) is 4. The zero-order chi connectivity index (χ0) is 13.3. The third-order valence-electron chi connectivity index (χ3n) is 2.37. The van der Waals surface area contributed by atoms with Crippen LogP contribution in [0.5, 0.6) is 0 Å². The second-order valence-corrected chi connectivity index (χ2v) is 4.64. The molecule has 102 valence electrons. The van der Waals surface area contributed by atoms with Gasteiger partial charge in [0.2, 0.25) is 0 Å². The first-order chi connectivity index (χ1) is 8.01. The Morgan fingerprint density at radius 2 is 1.88 bits per heavy atom. The summed E-state index contributed by atoms with van der Waals surface area (Å²) >= 11 is 0. The molecular formula is C13H27NO3. The zero-order valence-electron chi connectivity index (χ0n) is 11.8. The standard InChI is InChI=1S/C13H27NO3/c1-6-14-12(13(15)16-7-2)9-17-11(5)8-10(3)4/h10-12,14H,6-9H2,1-5H3. The minimum Gasteiger partial charge on any atom is -0.465 e. The smallest absolute Gasteiger partial charge is 0.325 e. The summed E-state index contributed by atoms with van der Waals surface area (Å²) in [4.78, 5) is 11.6. The van der Waals surface area contributed by atoms with Gasteiger partial charge in [0.1, 0.15) is 6.04 Å². The van der Waals surface area contributed by atoms with Crippen LogP contribution in [-0.4, -0.2) is 37.9 Å². The SMILES string of the molecule is CCNC(COC(C)CC(C)C)C(=O)OCC. The maximum atomic E-state index is 11.6. The van der Waals surface area contributed by atoms with Crippen LogP contribution in [0.4, 0.5) is 0 Å². The van der Waals surface area contributed by atoms with E-state index < -0.39 is 0 Å². The van der Waals surface area contributed by atoms with E-state index in [1.165, 1.54) is 0 Å². The number of ether oxygens (including phenoxy) is 2. The summed E-state index contributed by atoms with van der Waals surface area (Å²) < 4.78 is 10.7. The van der Waals surface area contributed by atoms with Crippen LogP contribution in [0.15, 0.2) is 0 Å². The molecule has 0 saturated heterocycles. The molecule has 1 N–H and O–H groups in total. The predicted octanol–water partition coefficient (Wildman–Crippen LogP) is 1.98. The van der Waals surface area contributed by atoms with E-state index in [1.807, 2.05) is 20.8 Å². The van der Waals surface area contributed by atoms with Crippen molar-refractivity contribution in [3.63, 3.8) is 0 Å². The molecule has 4 heteroatoms. The fraction of sp³-hybridized carbons (Fsp3) is 0.923. The number of esters is 1. The van der Waals surface area contributed by atoms with E-state index in [0.29, 0.717) is 19.1 Å². The van der Waals surface area contributed by atoms with Gasteiger partial charge >= 0.3 is 5.97 Å². The molecular weight excluding hydrogens is 218 g/mol. The Morgan fingerprint density at radius 3 is 2.35 bits per heavy atom. The summed E-state index contributed by atoms with van der Waals surface area (Å²) in [5, 5.41) is 3.08. The van der Waals surface area contributed by atoms with Gasteiger partial charge in [-0.25, -0.2) is 0 Å². The lowest BCUT2D eigenvalue weighted by molar-refractivity contribution is -0.147. The first kappa shape index (κ1) is 16.4. The Balaban J connectivity index is 4.03. The molecule has 0 heterocycles. The maximum Gasteiger partial charge on any atom is 0.325 e. The fourth-order valence-electron chi connectivity index (χ4n) is 1.69. The first-order valence-electron chi connectivity index (χ1n) is 6.52. The summed E-state index contributed by atoms with van der Waals surface area (Å²) in [5.74, 6) is 0.372. The zero-order valence-corrected chi connectivity index (χ0v) is 11.8. The van der Waals surface area contributed by atoms with Gasteiger partial charge in [-0.05, 0) is 32.7 Å². The number of carbonyl (C=O) groups is 1. The van der Waals surface area contributed by atoms with Gasteiger partial charge in [-0.2, -0.15) is 0 Å². The number of rotatable bonds is 9. The van der Waals surface area contributed by atoms with E-state index in [9.17, 15) is 4.79 Å². The normalized spacial score (nSPS) is 14.7. The van der Waals surface area contributed by atoms with E-state index in [-0.39, 0.29) is 18.1 Å². The van der Waals surface area contributed by atoms with Crippen LogP contribution in [-0.2, 0) is 14.3 Å². The van der Waals surface area contributed by atoms with Crippen molar-refractivity contribution in [3.05, 3.63) is 0 Å². The van der Waals surface area contributed by atoms with Gasteiger partial charge in [-0.15, -0.1) is 0 Å². The Bertz CT molecular complexity index is 207. The molecule has 0 aromatic heterocycles. The van der Waals surface area contributed by atoms with E-state index in [4.69, 9.17) is 9.47 Å². The molecule has 0 fully saturated rings. The van der Waals surface area contributed by atoms with Crippen molar-refractivity contribution in [3.8, 4) is 0 Å². The van der Waals surface area contributed by atoms with Crippen molar-refractivity contribution < 1.29 is 14.3 Å². The van der Waals surface area contributed by atoms with E-state index in [2.05, 4.69) is 19.2 Å². The van der Waals surface area contributed by atoms with Crippen molar-refractivity contribution in [2.24, 2.45) is 5.92 Å². The lowest BCUT2D eigenvalue weighted by atomic mass is 10.1. The molecule has 4 nitrogen and oxygen atoms in total. The predicted molar refractivity (Wildman–Crippen MR) is 69.0 cm³/mol. The molecule has 0 bridgehead atoms. The molecule has 0 aliphatic rings. The molecule has 0 amide bonds. The van der Waals surface area contributed by atoms with Crippen LogP contribution in [0, 0.1) is 5.92 Å². The van der Waals surface area contributed by atoms with Crippen molar-refractivity contribution in [1.82, 2.24) is 5.32 Å². The minimum atomic E-state index is -0.352. The molecule has 0 saturated carbocycles. The van der Waals surface area contributed by atoms with E-state index in [1.54, 1.807) is 0 Å². The molecule has 0 aromatic carbocycles. The van der Waals surface area contributed by atoms with Gasteiger partial charge in [0.25, 0.3) is 0 Å². The summed E-state index contributed by atoms with van der Waals surface area (Å²) in [6.45, 7) is 11.6. The second kappa shape index (κ2) is 9.42. The largest absolute Gasteiger partial charge is 0.465 e. The lowest BCUT2D eigenvalue weighted by Gasteiger charge is -2.20. The molecule has 2 atom stereocenters. The van der Waals surface area contributed by atoms with Crippen molar-refractivity contribution >= 4 is 5.97 Å². The monoisotopic (exact) mass is 245 g/mol. The van der Waals surface area contributed by atoms with Crippen LogP contribution in [0.2, 0.25) is 0 Å². The number of nitrogens with one attached hydrogen (secondary N) is 1. The maximum absolute atomic E-state index is 11.6. The van der Waals surface area contributed by atoms with Gasteiger partial charge in [0.15, 0.2) is 0 Å². The molecule has 2 unspecified atom stereocenters. The quantitative estimate of drug-likeness (QED) is 0.631. The minimum absolute atomic E-state index is 0.172. The Labute approximate surface area is 105 Å². The van der Waals surface area contributed by atoms with Crippen LogP contribution < -0.4 is 5.32 Å². The van der Waals surface area contributed by atoms with Gasteiger partial charge in [-0.3, -0.25) is 4.79 Å². The highest BCUT2D eigenvalue weighted by Crippen LogP contribution is 2.08. The summed E-state index contributed by atoms with van der Waals surface area (Å²) in [7, 11) is 0. The van der Waals surface area contributed by atoms with Gasteiger partial charge < -0.3 is 14.8 Å². The molecule has 0 radical (unpaired) electrons. The molecule has 0 spiro atoms. The van der Waals surface area contributed by atoms with Crippen molar-refractivity contribution in [2.75, 3.05) is 19.8 Å². The molecule has 0 aliphatic carbocycles. The van der Waals surface area contributed by atoms with Crippen molar-refractivity contribution in [1.29, 1.82) is 0 Å². The highest BCUT2D eigenvalue weighted by Gasteiger charge is 2.19.